The van der Waals surface area contributed by atoms with Gasteiger partial charge in [0.2, 0.25) is 0 Å². The maximum absolute atomic E-state index is 12.1. The Morgan fingerprint density at radius 3 is 2.76 bits per heavy atom. The van der Waals surface area contributed by atoms with Crippen LogP contribution in [-0.2, 0) is 0 Å². The first-order valence-corrected chi connectivity index (χ1v) is 5.64. The molecule has 1 heterocycles. The zero-order chi connectivity index (χ0) is 12.6. The van der Waals surface area contributed by atoms with Gasteiger partial charge in [-0.3, -0.25) is 0 Å². The smallest absolute Gasteiger partial charge is 0.387 e. The normalized spacial score (nSPS) is 19.1. The number of anilines is 1. The van der Waals surface area contributed by atoms with E-state index in [1.54, 1.807) is 24.1 Å². The van der Waals surface area contributed by atoms with E-state index in [1.807, 2.05) is 0 Å². The largest absolute Gasteiger partial charge is 0.435 e. The molecule has 0 aromatic heterocycles. The van der Waals surface area contributed by atoms with Gasteiger partial charge < -0.3 is 9.64 Å². The summed E-state index contributed by atoms with van der Waals surface area (Å²) in [6.07, 6.45) is 1.64. The Labute approximate surface area is 107 Å². The van der Waals surface area contributed by atoms with E-state index in [9.17, 15) is 8.78 Å². The molecule has 1 aliphatic heterocycles. The van der Waals surface area contributed by atoms with Crippen molar-refractivity contribution in [2.24, 2.45) is 0 Å². The molecule has 1 aromatic carbocycles. The van der Waals surface area contributed by atoms with Crippen molar-refractivity contribution in [3.8, 4) is 5.75 Å². The number of fused-ring (bicyclic) bond motifs is 1. The summed E-state index contributed by atoms with van der Waals surface area (Å²) in [4.78, 5) is 1.79. The Morgan fingerprint density at radius 1 is 1.41 bits per heavy atom. The number of hydrogen-bond acceptors (Lipinski definition) is 2. The Morgan fingerprint density at radius 2 is 2.12 bits per heavy atom. The van der Waals surface area contributed by atoms with E-state index in [0.29, 0.717) is 10.6 Å². The lowest BCUT2D eigenvalue weighted by molar-refractivity contribution is -0.0498. The molecule has 6 heteroatoms. The number of ether oxygens (including phenoxy) is 1. The van der Waals surface area contributed by atoms with Gasteiger partial charge in [-0.25, -0.2) is 0 Å². The summed E-state index contributed by atoms with van der Waals surface area (Å²) >= 11 is 12.1. The van der Waals surface area contributed by atoms with Crippen molar-refractivity contribution >= 4 is 33.9 Å². The van der Waals surface area contributed by atoms with Crippen LogP contribution in [0.5, 0.6) is 5.75 Å². The number of nitrogens with zero attached hydrogens (tertiary/aromatic N) is 1. The van der Waals surface area contributed by atoms with Crippen LogP contribution in [0.3, 0.4) is 0 Å². The summed E-state index contributed by atoms with van der Waals surface area (Å²) in [6, 6.07) is 4.58. The first-order chi connectivity index (χ1) is 7.99. The van der Waals surface area contributed by atoms with Crippen LogP contribution in [0.25, 0.3) is 5.03 Å². The summed E-state index contributed by atoms with van der Waals surface area (Å²) in [6.45, 7) is -2.85. The molecule has 0 N–H and O–H groups in total. The molecule has 0 fully saturated rings. The topological polar surface area (TPSA) is 12.5 Å². The minimum atomic E-state index is -2.85. The summed E-state index contributed by atoms with van der Waals surface area (Å²) in [5, 5.41) is 0.429. The van der Waals surface area contributed by atoms with Gasteiger partial charge in [0.1, 0.15) is 11.3 Å². The molecule has 92 valence electrons. The highest BCUT2D eigenvalue weighted by Crippen LogP contribution is 2.38. The number of halogens is 4. The Bertz CT molecular complexity index is 465. The quantitative estimate of drug-likeness (QED) is 0.602. The van der Waals surface area contributed by atoms with Gasteiger partial charge in [0.15, 0.2) is 0 Å². The summed E-state index contributed by atoms with van der Waals surface area (Å²) in [5.74, 6) is 0.0757. The number of rotatable bonds is 2. The molecule has 0 bridgehead atoms. The van der Waals surface area contributed by atoms with Gasteiger partial charge in [-0.15, -0.1) is 0 Å². The highest BCUT2D eigenvalue weighted by Gasteiger charge is 2.22. The van der Waals surface area contributed by atoms with Crippen LogP contribution >= 0.6 is 23.2 Å². The molecular weight excluding hydrogens is 271 g/mol. The van der Waals surface area contributed by atoms with Crippen LogP contribution in [0.1, 0.15) is 5.56 Å². The zero-order valence-corrected chi connectivity index (χ0v) is 10.3. The fraction of sp³-hybridized carbons (Fsp3) is 0.273. The van der Waals surface area contributed by atoms with E-state index in [2.05, 4.69) is 4.74 Å². The fourth-order valence-corrected chi connectivity index (χ4v) is 2.21. The average molecular weight is 280 g/mol. The lowest BCUT2D eigenvalue weighted by atomic mass is 10.1. The van der Waals surface area contributed by atoms with E-state index in [4.69, 9.17) is 23.2 Å². The van der Waals surface area contributed by atoms with Crippen LogP contribution < -0.4 is 9.64 Å². The molecule has 1 aromatic rings. The van der Waals surface area contributed by atoms with Gasteiger partial charge in [0, 0.05) is 23.3 Å². The average Bonchev–Trinajstić information content (AvgIpc) is 2.25. The molecule has 1 unspecified atom stereocenters. The van der Waals surface area contributed by atoms with Crippen molar-refractivity contribution in [1.82, 2.24) is 0 Å². The molecular formula is C11H9Cl2F2NO. The van der Waals surface area contributed by atoms with Crippen LogP contribution in [0.4, 0.5) is 14.5 Å². The molecule has 0 saturated heterocycles. The van der Waals surface area contributed by atoms with Crippen LogP contribution in [0.15, 0.2) is 24.3 Å². The maximum Gasteiger partial charge on any atom is 0.387 e. The number of likely N-dealkylation sites (N-methyl/N-ethyl adjacent to an activating group) is 1. The third-order valence-electron chi connectivity index (χ3n) is 2.48. The third kappa shape index (κ3) is 2.48. The van der Waals surface area contributed by atoms with E-state index in [0.717, 1.165) is 5.69 Å². The van der Waals surface area contributed by atoms with Crippen molar-refractivity contribution in [2.45, 2.75) is 12.1 Å². The second-order valence-corrected chi connectivity index (χ2v) is 4.41. The van der Waals surface area contributed by atoms with E-state index in [-0.39, 0.29) is 11.3 Å². The Hall–Kier alpha value is -1.00. The second kappa shape index (κ2) is 4.70. The van der Waals surface area contributed by atoms with Crippen molar-refractivity contribution in [3.05, 3.63) is 29.8 Å². The number of alkyl halides is 3. The van der Waals surface area contributed by atoms with E-state index < -0.39 is 6.61 Å². The van der Waals surface area contributed by atoms with Crippen LogP contribution in [0, 0.1) is 0 Å². The second-order valence-electron chi connectivity index (χ2n) is 3.56. The SMILES string of the molecule is CN1c2ccc(OC(F)F)cc2C(Cl)=CC1Cl. The molecule has 2 nitrogen and oxygen atoms in total. The maximum atomic E-state index is 12.1. The van der Waals surface area contributed by atoms with Crippen molar-refractivity contribution < 1.29 is 13.5 Å². The minimum Gasteiger partial charge on any atom is -0.435 e. The van der Waals surface area contributed by atoms with Crippen molar-refractivity contribution in [2.75, 3.05) is 11.9 Å². The standard InChI is InChI=1S/C11H9Cl2F2NO/c1-16-9-3-2-6(17-11(14)15)4-7(9)8(12)5-10(16)13/h2-5,10-11H,1H3. The van der Waals surface area contributed by atoms with Gasteiger partial charge in [-0.05, 0) is 24.3 Å². The number of benzene rings is 1. The van der Waals surface area contributed by atoms with Crippen molar-refractivity contribution in [1.29, 1.82) is 0 Å². The fourth-order valence-electron chi connectivity index (χ4n) is 1.65. The van der Waals surface area contributed by atoms with Gasteiger partial charge in [-0.2, -0.15) is 8.78 Å². The monoisotopic (exact) mass is 279 g/mol. The predicted octanol–water partition coefficient (Wildman–Crippen LogP) is 3.88. The van der Waals surface area contributed by atoms with E-state index in [1.165, 1.54) is 12.1 Å². The highest BCUT2D eigenvalue weighted by molar-refractivity contribution is 6.50. The molecule has 0 spiro atoms. The molecule has 1 aliphatic rings. The molecule has 0 saturated carbocycles. The van der Waals surface area contributed by atoms with Crippen molar-refractivity contribution in [3.63, 3.8) is 0 Å². The first kappa shape index (κ1) is 12.5. The summed E-state index contributed by atoms with van der Waals surface area (Å²) in [5.41, 5.74) is 1.06. The van der Waals surface area contributed by atoms with Gasteiger partial charge in [0.25, 0.3) is 0 Å². The predicted molar refractivity (Wildman–Crippen MR) is 64.9 cm³/mol. The lowest BCUT2D eigenvalue weighted by Crippen LogP contribution is -2.28. The summed E-state index contributed by atoms with van der Waals surface area (Å²) in [7, 11) is 1.80. The highest BCUT2D eigenvalue weighted by atomic mass is 35.5. The molecule has 1 atom stereocenters. The van der Waals surface area contributed by atoms with Gasteiger partial charge >= 0.3 is 6.61 Å². The molecule has 2 rings (SSSR count). The number of hydrogen-bond donors (Lipinski definition) is 0. The van der Waals surface area contributed by atoms with Gasteiger partial charge in [-0.1, -0.05) is 23.2 Å². The zero-order valence-electron chi connectivity index (χ0n) is 8.83. The molecule has 0 radical (unpaired) electrons. The molecule has 17 heavy (non-hydrogen) atoms. The first-order valence-electron chi connectivity index (χ1n) is 4.82. The van der Waals surface area contributed by atoms with Gasteiger partial charge in [0.05, 0.1) is 0 Å². The summed E-state index contributed by atoms with van der Waals surface area (Å²) < 4.78 is 28.5. The van der Waals surface area contributed by atoms with Crippen LogP contribution in [0.2, 0.25) is 0 Å². The third-order valence-corrected chi connectivity index (χ3v) is 3.23. The molecule has 0 amide bonds. The molecule has 0 aliphatic carbocycles. The lowest BCUT2D eigenvalue weighted by Gasteiger charge is -2.29. The Kier molecular flexibility index (Phi) is 3.45. The Balaban J connectivity index is 2.41. The van der Waals surface area contributed by atoms with Crippen LogP contribution in [-0.4, -0.2) is 19.2 Å². The van der Waals surface area contributed by atoms with E-state index >= 15 is 0 Å². The minimum absolute atomic E-state index is 0.0757.